The van der Waals surface area contributed by atoms with Crippen molar-refractivity contribution in [2.24, 2.45) is 0 Å². The van der Waals surface area contributed by atoms with Gasteiger partial charge in [0.25, 0.3) is 0 Å². The summed E-state index contributed by atoms with van der Waals surface area (Å²) >= 11 is 7.41. The first kappa shape index (κ1) is 16.6. The van der Waals surface area contributed by atoms with Crippen LogP contribution in [0.1, 0.15) is 5.56 Å². The largest absolute Gasteiger partial charge is 0.508 e. The third-order valence-electron chi connectivity index (χ3n) is 3.36. The minimum atomic E-state index is 0.248. The molecule has 0 atom stereocenters. The first-order chi connectivity index (χ1) is 11.6. The summed E-state index contributed by atoms with van der Waals surface area (Å²) in [5, 5.41) is 10.0. The van der Waals surface area contributed by atoms with Gasteiger partial charge < -0.3 is 15.6 Å². The van der Waals surface area contributed by atoms with Crippen molar-refractivity contribution in [2.45, 2.75) is 16.4 Å². The third kappa shape index (κ3) is 4.37. The highest BCUT2D eigenvalue weighted by Crippen LogP contribution is 2.34. The molecule has 0 aliphatic heterocycles. The average Bonchev–Trinajstić information content (AvgIpc) is 2.58. The predicted octanol–water partition coefficient (Wildman–Crippen LogP) is 5.36. The number of halogens is 1. The second kappa shape index (κ2) is 7.51. The Bertz CT molecular complexity index is 820. The van der Waals surface area contributed by atoms with Gasteiger partial charge in [0.1, 0.15) is 18.1 Å². The number of nitrogens with two attached hydrogens (primary N) is 1. The smallest absolute Gasteiger partial charge is 0.121 e. The Morgan fingerprint density at radius 2 is 1.67 bits per heavy atom. The van der Waals surface area contributed by atoms with Crippen molar-refractivity contribution in [1.82, 2.24) is 0 Å². The molecule has 0 spiro atoms. The number of nitrogen functional groups attached to an aromatic ring is 1. The number of phenols is 1. The van der Waals surface area contributed by atoms with Gasteiger partial charge >= 0.3 is 0 Å². The molecule has 3 aromatic carbocycles. The lowest BCUT2D eigenvalue weighted by atomic mass is 10.2. The average molecular weight is 358 g/mol. The molecule has 0 aliphatic rings. The van der Waals surface area contributed by atoms with Crippen molar-refractivity contribution in [1.29, 1.82) is 0 Å². The number of anilines is 1. The summed E-state index contributed by atoms with van der Waals surface area (Å²) in [6.45, 7) is 0.459. The minimum absolute atomic E-state index is 0.248. The van der Waals surface area contributed by atoms with Crippen molar-refractivity contribution < 1.29 is 9.84 Å². The molecule has 0 saturated heterocycles. The van der Waals surface area contributed by atoms with E-state index in [4.69, 9.17) is 22.1 Å². The quantitative estimate of drug-likeness (QED) is 0.604. The standard InChI is InChI=1S/C19H16ClNO2S/c20-14-3-1-13(2-4-14)12-23-16-7-10-19(18(21)11-16)24-17-8-5-15(22)6-9-17/h1-11,22H,12,21H2. The lowest BCUT2D eigenvalue weighted by Crippen LogP contribution is -1.96. The summed E-state index contributed by atoms with van der Waals surface area (Å²) in [6, 6.07) is 20.2. The summed E-state index contributed by atoms with van der Waals surface area (Å²) in [7, 11) is 0. The first-order valence-electron chi connectivity index (χ1n) is 7.34. The molecule has 24 heavy (non-hydrogen) atoms. The molecular weight excluding hydrogens is 342 g/mol. The number of benzene rings is 3. The van der Waals surface area contributed by atoms with Gasteiger partial charge in [-0.05, 0) is 54.1 Å². The van der Waals surface area contributed by atoms with E-state index in [-0.39, 0.29) is 5.75 Å². The van der Waals surface area contributed by atoms with Crippen LogP contribution in [-0.4, -0.2) is 5.11 Å². The fourth-order valence-electron chi connectivity index (χ4n) is 2.10. The summed E-state index contributed by atoms with van der Waals surface area (Å²) in [5.41, 5.74) is 7.82. The number of ether oxygens (including phenoxy) is 1. The highest BCUT2D eigenvalue weighted by molar-refractivity contribution is 7.99. The topological polar surface area (TPSA) is 55.5 Å². The molecule has 0 amide bonds. The number of phenolic OH excluding ortho intramolecular Hbond substituents is 1. The Hall–Kier alpha value is -2.30. The Balaban J connectivity index is 1.65. The second-order valence-corrected chi connectivity index (χ2v) is 6.76. The molecule has 122 valence electrons. The van der Waals surface area contributed by atoms with Crippen LogP contribution < -0.4 is 10.5 Å². The van der Waals surface area contributed by atoms with Gasteiger partial charge in [0.15, 0.2) is 0 Å². The minimum Gasteiger partial charge on any atom is -0.508 e. The van der Waals surface area contributed by atoms with E-state index in [2.05, 4.69) is 0 Å². The zero-order chi connectivity index (χ0) is 16.9. The number of hydrogen-bond donors (Lipinski definition) is 2. The predicted molar refractivity (Wildman–Crippen MR) is 98.9 cm³/mol. The SMILES string of the molecule is Nc1cc(OCc2ccc(Cl)cc2)ccc1Sc1ccc(O)cc1. The maximum atomic E-state index is 9.32. The van der Waals surface area contributed by atoms with E-state index in [1.54, 1.807) is 23.9 Å². The molecular formula is C19H16ClNO2S. The van der Waals surface area contributed by atoms with Crippen LogP contribution in [0, 0.1) is 0 Å². The molecule has 0 fully saturated rings. The molecule has 0 heterocycles. The van der Waals surface area contributed by atoms with E-state index < -0.39 is 0 Å². The van der Waals surface area contributed by atoms with E-state index in [1.807, 2.05) is 54.6 Å². The molecule has 0 unspecified atom stereocenters. The molecule has 0 aromatic heterocycles. The zero-order valence-electron chi connectivity index (χ0n) is 12.8. The van der Waals surface area contributed by atoms with E-state index >= 15 is 0 Å². The van der Waals surface area contributed by atoms with Crippen LogP contribution in [0.15, 0.2) is 76.5 Å². The molecule has 3 nitrogen and oxygen atoms in total. The molecule has 0 aliphatic carbocycles. The summed E-state index contributed by atoms with van der Waals surface area (Å²) in [4.78, 5) is 1.95. The second-order valence-electron chi connectivity index (χ2n) is 5.21. The van der Waals surface area contributed by atoms with E-state index in [9.17, 15) is 5.11 Å². The van der Waals surface area contributed by atoms with Gasteiger partial charge in [0.2, 0.25) is 0 Å². The van der Waals surface area contributed by atoms with Crippen LogP contribution in [0.5, 0.6) is 11.5 Å². The fourth-order valence-corrected chi connectivity index (χ4v) is 3.06. The van der Waals surface area contributed by atoms with Gasteiger partial charge in [-0.2, -0.15) is 0 Å². The normalized spacial score (nSPS) is 10.5. The summed E-state index contributed by atoms with van der Waals surface area (Å²) in [6.07, 6.45) is 0. The van der Waals surface area contributed by atoms with Gasteiger partial charge in [-0.1, -0.05) is 35.5 Å². The van der Waals surface area contributed by atoms with Crippen molar-refractivity contribution >= 4 is 29.1 Å². The van der Waals surface area contributed by atoms with Crippen LogP contribution in [0.4, 0.5) is 5.69 Å². The molecule has 0 saturated carbocycles. The Kier molecular flexibility index (Phi) is 5.18. The van der Waals surface area contributed by atoms with Gasteiger partial charge in [-0.15, -0.1) is 0 Å². The Morgan fingerprint density at radius 3 is 2.33 bits per heavy atom. The van der Waals surface area contributed by atoms with Crippen molar-refractivity contribution in [3.63, 3.8) is 0 Å². The molecule has 0 bridgehead atoms. The van der Waals surface area contributed by atoms with Crippen LogP contribution in [0.2, 0.25) is 5.02 Å². The summed E-state index contributed by atoms with van der Waals surface area (Å²) in [5.74, 6) is 0.968. The van der Waals surface area contributed by atoms with E-state index in [0.717, 1.165) is 21.1 Å². The van der Waals surface area contributed by atoms with Gasteiger partial charge in [0.05, 0.1) is 0 Å². The zero-order valence-corrected chi connectivity index (χ0v) is 14.3. The highest BCUT2D eigenvalue weighted by Gasteiger charge is 2.05. The van der Waals surface area contributed by atoms with Crippen LogP contribution in [0.25, 0.3) is 0 Å². The highest BCUT2D eigenvalue weighted by atomic mass is 35.5. The van der Waals surface area contributed by atoms with E-state index in [1.165, 1.54) is 0 Å². The molecule has 0 radical (unpaired) electrons. The number of rotatable bonds is 5. The molecule has 3 N–H and O–H groups in total. The first-order valence-corrected chi connectivity index (χ1v) is 8.53. The summed E-state index contributed by atoms with van der Waals surface area (Å²) < 4.78 is 5.77. The monoisotopic (exact) mass is 357 g/mol. The van der Waals surface area contributed by atoms with Crippen molar-refractivity contribution in [2.75, 3.05) is 5.73 Å². The van der Waals surface area contributed by atoms with Crippen LogP contribution in [0.3, 0.4) is 0 Å². The maximum absolute atomic E-state index is 9.32. The molecule has 3 rings (SSSR count). The Morgan fingerprint density at radius 1 is 0.958 bits per heavy atom. The lowest BCUT2D eigenvalue weighted by molar-refractivity contribution is 0.306. The maximum Gasteiger partial charge on any atom is 0.121 e. The van der Waals surface area contributed by atoms with Gasteiger partial charge in [-0.3, -0.25) is 0 Å². The number of hydrogen-bond acceptors (Lipinski definition) is 4. The molecule has 3 aromatic rings. The Labute approximate surface area is 150 Å². The van der Waals surface area contributed by atoms with Crippen LogP contribution in [-0.2, 0) is 6.61 Å². The van der Waals surface area contributed by atoms with Crippen molar-refractivity contribution in [3.05, 3.63) is 77.3 Å². The fraction of sp³-hybridized carbons (Fsp3) is 0.0526. The van der Waals surface area contributed by atoms with E-state index in [0.29, 0.717) is 17.3 Å². The van der Waals surface area contributed by atoms with Crippen LogP contribution >= 0.6 is 23.4 Å². The number of aromatic hydroxyl groups is 1. The van der Waals surface area contributed by atoms with Crippen molar-refractivity contribution in [3.8, 4) is 11.5 Å². The third-order valence-corrected chi connectivity index (χ3v) is 4.72. The van der Waals surface area contributed by atoms with Gasteiger partial charge in [0, 0.05) is 26.6 Å². The van der Waals surface area contributed by atoms with Gasteiger partial charge in [-0.25, -0.2) is 0 Å². The lowest BCUT2D eigenvalue weighted by Gasteiger charge is -2.10. The molecule has 5 heteroatoms.